The third-order valence-corrected chi connectivity index (χ3v) is 4.19. The Balaban J connectivity index is 2.08. The number of alkyl carbamates (subject to hydrolysis) is 1. The fraction of sp³-hybridized carbons (Fsp3) is 0.375. The number of carbonyl (C=O) groups excluding carboxylic acids is 2. The van der Waals surface area contributed by atoms with Crippen LogP contribution in [0.2, 0.25) is 0 Å². The van der Waals surface area contributed by atoms with Gasteiger partial charge in [-0.15, -0.1) is 0 Å². The molecule has 0 fully saturated rings. The van der Waals surface area contributed by atoms with E-state index in [9.17, 15) is 9.59 Å². The number of rotatable bonds is 8. The van der Waals surface area contributed by atoms with Gasteiger partial charge in [0.1, 0.15) is 17.4 Å². The van der Waals surface area contributed by atoms with Crippen molar-refractivity contribution in [2.75, 3.05) is 7.11 Å². The predicted molar refractivity (Wildman–Crippen MR) is 119 cm³/mol. The number of hydrogen-bond donors (Lipinski definition) is 1. The summed E-state index contributed by atoms with van der Waals surface area (Å²) in [6.45, 7) is 7.01. The minimum absolute atomic E-state index is 0.250. The van der Waals surface area contributed by atoms with Crippen LogP contribution in [0.1, 0.15) is 38.8 Å². The Hall–Kier alpha value is -3.35. The van der Waals surface area contributed by atoms with Crippen molar-refractivity contribution < 1.29 is 23.9 Å². The molecule has 0 radical (unpaired) electrons. The minimum atomic E-state index is -0.944. The van der Waals surface area contributed by atoms with Crippen molar-refractivity contribution in [2.24, 2.45) is 5.16 Å². The molecule has 0 aliphatic carbocycles. The van der Waals surface area contributed by atoms with Crippen LogP contribution in [0.3, 0.4) is 0 Å². The molecule has 0 aromatic heterocycles. The highest BCUT2D eigenvalue weighted by Crippen LogP contribution is 2.18. The van der Waals surface area contributed by atoms with Gasteiger partial charge in [-0.2, -0.15) is 0 Å². The molecule has 0 bridgehead atoms. The van der Waals surface area contributed by atoms with E-state index < -0.39 is 23.7 Å². The number of para-hydroxylation sites is 1. The number of nitrogens with one attached hydrogen (secondary N) is 1. The Kier molecular flexibility index (Phi) is 8.61. The highest BCUT2D eigenvalue weighted by Gasteiger charge is 2.26. The second-order valence-corrected chi connectivity index (χ2v) is 8.11. The smallest absolute Gasteiger partial charge is 0.408 e. The Bertz CT molecular complexity index is 904. The van der Waals surface area contributed by atoms with Gasteiger partial charge in [-0.25, -0.2) is 9.59 Å². The van der Waals surface area contributed by atoms with Crippen LogP contribution in [0.15, 0.2) is 59.8 Å². The maximum Gasteiger partial charge on any atom is 0.408 e. The van der Waals surface area contributed by atoms with Gasteiger partial charge in [0.05, 0.1) is 12.8 Å². The van der Waals surface area contributed by atoms with Crippen molar-refractivity contribution in [3.05, 3.63) is 65.7 Å². The van der Waals surface area contributed by atoms with Crippen molar-refractivity contribution in [1.82, 2.24) is 5.32 Å². The van der Waals surface area contributed by atoms with Crippen molar-refractivity contribution in [1.29, 1.82) is 0 Å². The number of methoxy groups -OCH3 is 1. The standard InChI is InChI=1S/C24H30N2O5/c1-17(15-19-13-9-10-14-21(19)29-5)26-31-22(27)20(16-18-11-7-6-8-12-18)25-23(28)30-24(2,3)4/h6-14,20H,15-16H2,1-5H3,(H,25,28)/b26-17+/t20-/m0/s1. The van der Waals surface area contributed by atoms with Crippen LogP contribution in [0.25, 0.3) is 0 Å². The molecule has 0 saturated heterocycles. The van der Waals surface area contributed by atoms with Gasteiger partial charge >= 0.3 is 12.1 Å². The monoisotopic (exact) mass is 426 g/mol. The summed E-state index contributed by atoms with van der Waals surface area (Å²) in [6, 6.07) is 16.0. The van der Waals surface area contributed by atoms with Crippen LogP contribution in [-0.2, 0) is 27.2 Å². The van der Waals surface area contributed by atoms with Gasteiger partial charge in [0.2, 0.25) is 0 Å². The second-order valence-electron chi connectivity index (χ2n) is 8.11. The molecule has 7 nitrogen and oxygen atoms in total. The van der Waals surface area contributed by atoms with Crippen molar-refractivity contribution in [3.63, 3.8) is 0 Å². The molecule has 0 aliphatic rings. The summed E-state index contributed by atoms with van der Waals surface area (Å²) in [6.07, 6.45) is 0.0141. The maximum absolute atomic E-state index is 12.7. The summed E-state index contributed by atoms with van der Waals surface area (Å²) >= 11 is 0. The van der Waals surface area contributed by atoms with Crippen LogP contribution in [0.5, 0.6) is 5.75 Å². The number of oxime groups is 1. The van der Waals surface area contributed by atoms with Gasteiger partial charge < -0.3 is 19.6 Å². The predicted octanol–water partition coefficient (Wildman–Crippen LogP) is 4.29. The molecule has 31 heavy (non-hydrogen) atoms. The summed E-state index contributed by atoms with van der Waals surface area (Å²) in [7, 11) is 1.60. The molecule has 166 valence electrons. The normalized spacial score (nSPS) is 12.6. The summed E-state index contributed by atoms with van der Waals surface area (Å²) in [5, 5.41) is 6.55. The largest absolute Gasteiger partial charge is 0.496 e. The Morgan fingerprint density at radius 3 is 2.32 bits per heavy atom. The molecule has 0 aliphatic heterocycles. The lowest BCUT2D eigenvalue weighted by molar-refractivity contribution is -0.146. The number of nitrogens with zero attached hydrogens (tertiary/aromatic N) is 1. The van der Waals surface area contributed by atoms with Gasteiger partial charge in [-0.05, 0) is 44.9 Å². The van der Waals surface area contributed by atoms with E-state index in [4.69, 9.17) is 14.3 Å². The van der Waals surface area contributed by atoms with E-state index in [0.29, 0.717) is 12.1 Å². The van der Waals surface area contributed by atoms with E-state index in [0.717, 1.165) is 16.9 Å². The summed E-state index contributed by atoms with van der Waals surface area (Å²) in [4.78, 5) is 30.1. The number of benzene rings is 2. The topological polar surface area (TPSA) is 86.2 Å². The number of hydrogen-bond acceptors (Lipinski definition) is 6. The summed E-state index contributed by atoms with van der Waals surface area (Å²) in [5.74, 6) is 0.0611. The number of amides is 1. The second kappa shape index (κ2) is 11.2. The Labute approximate surface area is 183 Å². The van der Waals surface area contributed by atoms with E-state index in [2.05, 4.69) is 10.5 Å². The molecule has 1 atom stereocenters. The average molecular weight is 427 g/mol. The number of ether oxygens (including phenoxy) is 2. The fourth-order valence-electron chi connectivity index (χ4n) is 2.84. The lowest BCUT2D eigenvalue weighted by Gasteiger charge is -2.22. The molecular weight excluding hydrogens is 396 g/mol. The average Bonchev–Trinajstić information content (AvgIpc) is 2.71. The first-order valence-electron chi connectivity index (χ1n) is 10.1. The SMILES string of the molecule is COc1ccccc1C/C(C)=N/OC(=O)[C@H](Cc1ccccc1)NC(=O)OC(C)(C)C. The molecule has 7 heteroatoms. The third kappa shape index (κ3) is 8.50. The first-order chi connectivity index (χ1) is 14.7. The highest BCUT2D eigenvalue weighted by molar-refractivity contribution is 5.86. The highest BCUT2D eigenvalue weighted by atomic mass is 16.7. The van der Waals surface area contributed by atoms with Crippen LogP contribution < -0.4 is 10.1 Å². The van der Waals surface area contributed by atoms with Gasteiger partial charge in [-0.1, -0.05) is 53.7 Å². The first kappa shape index (κ1) is 23.9. The molecule has 0 saturated carbocycles. The van der Waals surface area contributed by atoms with Crippen molar-refractivity contribution in [2.45, 2.75) is 52.2 Å². The van der Waals surface area contributed by atoms with Crippen molar-refractivity contribution >= 4 is 17.8 Å². The minimum Gasteiger partial charge on any atom is -0.496 e. The maximum atomic E-state index is 12.7. The van der Waals surface area contributed by atoms with E-state index in [1.165, 1.54) is 0 Å². The van der Waals surface area contributed by atoms with Crippen LogP contribution in [-0.4, -0.2) is 36.5 Å². The quantitative estimate of drug-likeness (QED) is 0.387. The third-order valence-electron chi connectivity index (χ3n) is 4.19. The van der Waals surface area contributed by atoms with Gasteiger partial charge in [0.15, 0.2) is 0 Å². The molecule has 1 N–H and O–H groups in total. The molecule has 0 spiro atoms. The van der Waals surface area contributed by atoms with Gasteiger partial charge in [-0.3, -0.25) is 0 Å². The Morgan fingerprint density at radius 1 is 1.03 bits per heavy atom. The Morgan fingerprint density at radius 2 is 1.68 bits per heavy atom. The zero-order valence-corrected chi connectivity index (χ0v) is 18.7. The van der Waals surface area contributed by atoms with E-state index in [1.807, 2.05) is 54.6 Å². The molecule has 2 aromatic rings. The van der Waals surface area contributed by atoms with E-state index >= 15 is 0 Å². The van der Waals surface area contributed by atoms with Crippen LogP contribution in [0.4, 0.5) is 4.79 Å². The zero-order chi connectivity index (χ0) is 22.9. The van der Waals surface area contributed by atoms with Crippen LogP contribution >= 0.6 is 0 Å². The summed E-state index contributed by atoms with van der Waals surface area (Å²) in [5.41, 5.74) is 1.70. The van der Waals surface area contributed by atoms with Gasteiger partial charge in [0, 0.05) is 12.8 Å². The lowest BCUT2D eigenvalue weighted by atomic mass is 10.1. The summed E-state index contributed by atoms with van der Waals surface area (Å²) < 4.78 is 10.6. The van der Waals surface area contributed by atoms with E-state index in [1.54, 1.807) is 34.8 Å². The molecule has 1 amide bonds. The lowest BCUT2D eigenvalue weighted by Crippen LogP contribution is -2.45. The molecular formula is C24H30N2O5. The van der Waals surface area contributed by atoms with Gasteiger partial charge in [0.25, 0.3) is 0 Å². The fourth-order valence-corrected chi connectivity index (χ4v) is 2.84. The molecule has 2 rings (SSSR count). The molecule has 0 unspecified atom stereocenters. The number of carbonyl (C=O) groups is 2. The zero-order valence-electron chi connectivity index (χ0n) is 18.7. The molecule has 2 aromatic carbocycles. The van der Waals surface area contributed by atoms with Crippen LogP contribution in [0, 0.1) is 0 Å². The van der Waals surface area contributed by atoms with E-state index in [-0.39, 0.29) is 6.42 Å². The first-order valence-corrected chi connectivity index (χ1v) is 10.1. The van der Waals surface area contributed by atoms with Crippen molar-refractivity contribution in [3.8, 4) is 5.75 Å². The molecule has 0 heterocycles.